The van der Waals surface area contributed by atoms with E-state index in [9.17, 15) is 19.8 Å². The number of rotatable bonds is 23. The SMILES string of the molecule is CCCCCCCCN[C@@H](CSSC[C@H](NCCCCCCCC)C(=O)O)C(=O)O. The maximum Gasteiger partial charge on any atom is 0.321 e. The van der Waals surface area contributed by atoms with Gasteiger partial charge in [0, 0.05) is 11.5 Å². The predicted octanol–water partition coefficient (Wildman–Crippen LogP) is 5.17. The van der Waals surface area contributed by atoms with Gasteiger partial charge in [-0.25, -0.2) is 0 Å². The van der Waals surface area contributed by atoms with Gasteiger partial charge in [0.05, 0.1) is 0 Å². The first-order valence-corrected chi connectivity index (χ1v) is 14.2. The fraction of sp³-hybridized carbons (Fsp3) is 0.909. The van der Waals surface area contributed by atoms with E-state index in [-0.39, 0.29) is 0 Å². The van der Waals surface area contributed by atoms with Crippen molar-refractivity contribution in [2.24, 2.45) is 0 Å². The average Bonchev–Trinajstić information content (AvgIpc) is 2.71. The Morgan fingerprint density at radius 3 is 1.30 bits per heavy atom. The second-order valence-electron chi connectivity index (χ2n) is 7.79. The van der Waals surface area contributed by atoms with Crippen LogP contribution in [0.2, 0.25) is 0 Å². The lowest BCUT2D eigenvalue weighted by atomic mass is 10.1. The number of carboxylic acids is 2. The lowest BCUT2D eigenvalue weighted by Gasteiger charge is -2.16. The van der Waals surface area contributed by atoms with Crippen LogP contribution in [-0.4, -0.2) is 58.8 Å². The third-order valence-corrected chi connectivity index (χ3v) is 7.41. The third-order valence-electron chi connectivity index (χ3n) is 4.99. The highest BCUT2D eigenvalue weighted by Crippen LogP contribution is 2.23. The summed E-state index contributed by atoms with van der Waals surface area (Å²) in [6.07, 6.45) is 14.2. The average molecular weight is 465 g/mol. The van der Waals surface area contributed by atoms with Gasteiger partial charge in [-0.2, -0.15) is 0 Å². The number of unbranched alkanes of at least 4 members (excludes halogenated alkanes) is 10. The minimum atomic E-state index is -0.843. The Morgan fingerprint density at radius 2 is 0.967 bits per heavy atom. The van der Waals surface area contributed by atoms with Gasteiger partial charge in [0.1, 0.15) is 12.1 Å². The molecule has 0 aliphatic rings. The summed E-state index contributed by atoms with van der Waals surface area (Å²) in [7, 11) is 2.87. The van der Waals surface area contributed by atoms with E-state index in [0.29, 0.717) is 24.6 Å². The Labute approximate surface area is 191 Å². The second-order valence-corrected chi connectivity index (χ2v) is 10.3. The second kappa shape index (κ2) is 21.8. The molecule has 0 aliphatic carbocycles. The van der Waals surface area contributed by atoms with Gasteiger partial charge in [0.15, 0.2) is 0 Å². The highest BCUT2D eigenvalue weighted by Gasteiger charge is 2.19. The van der Waals surface area contributed by atoms with E-state index >= 15 is 0 Å². The van der Waals surface area contributed by atoms with Gasteiger partial charge >= 0.3 is 11.9 Å². The monoisotopic (exact) mass is 464 g/mol. The van der Waals surface area contributed by atoms with Crippen molar-refractivity contribution in [2.75, 3.05) is 24.6 Å². The van der Waals surface area contributed by atoms with Crippen LogP contribution >= 0.6 is 21.6 Å². The van der Waals surface area contributed by atoms with Crippen LogP contribution in [0.4, 0.5) is 0 Å². The maximum atomic E-state index is 11.4. The molecule has 0 aromatic rings. The third kappa shape index (κ3) is 18.3. The zero-order valence-electron chi connectivity index (χ0n) is 19.0. The van der Waals surface area contributed by atoms with E-state index in [1.807, 2.05) is 0 Å². The lowest BCUT2D eigenvalue weighted by Crippen LogP contribution is -2.40. The number of carbonyl (C=O) groups is 2. The van der Waals surface area contributed by atoms with Crippen molar-refractivity contribution >= 4 is 33.5 Å². The van der Waals surface area contributed by atoms with Gasteiger partial charge in [-0.3, -0.25) is 9.59 Å². The van der Waals surface area contributed by atoms with Crippen LogP contribution in [0, 0.1) is 0 Å². The van der Waals surface area contributed by atoms with Crippen LogP contribution in [-0.2, 0) is 9.59 Å². The Bertz CT molecular complexity index is 390. The van der Waals surface area contributed by atoms with Gasteiger partial charge in [-0.15, -0.1) is 0 Å². The summed E-state index contributed by atoms with van der Waals surface area (Å²) >= 11 is 0. The molecular formula is C22H44N2O4S2. The van der Waals surface area contributed by atoms with Gasteiger partial charge in [0.25, 0.3) is 0 Å². The molecule has 0 rings (SSSR count). The van der Waals surface area contributed by atoms with Gasteiger partial charge in [-0.1, -0.05) is 99.6 Å². The lowest BCUT2D eigenvalue weighted by molar-refractivity contribution is -0.139. The molecule has 4 N–H and O–H groups in total. The molecule has 178 valence electrons. The van der Waals surface area contributed by atoms with Crippen molar-refractivity contribution in [1.29, 1.82) is 0 Å². The molecule has 0 fully saturated rings. The minimum absolute atomic E-state index is 0.430. The molecule has 0 saturated carbocycles. The highest BCUT2D eigenvalue weighted by molar-refractivity contribution is 8.76. The van der Waals surface area contributed by atoms with E-state index < -0.39 is 24.0 Å². The first-order chi connectivity index (χ1) is 14.5. The summed E-state index contributed by atoms with van der Waals surface area (Å²) in [5.41, 5.74) is 0. The Kier molecular flexibility index (Phi) is 21.5. The van der Waals surface area contributed by atoms with Crippen LogP contribution in [0.25, 0.3) is 0 Å². The van der Waals surface area contributed by atoms with Crippen LogP contribution < -0.4 is 10.6 Å². The molecule has 0 radical (unpaired) electrons. The summed E-state index contributed by atoms with van der Waals surface area (Å²) in [4.78, 5) is 22.8. The summed E-state index contributed by atoms with van der Waals surface area (Å²) in [5, 5.41) is 25.0. The molecule has 0 unspecified atom stereocenters. The fourth-order valence-electron chi connectivity index (χ4n) is 3.03. The largest absolute Gasteiger partial charge is 0.480 e. The van der Waals surface area contributed by atoms with Crippen LogP contribution in [0.1, 0.15) is 90.9 Å². The molecule has 0 bridgehead atoms. The van der Waals surface area contributed by atoms with Crippen molar-refractivity contribution in [3.63, 3.8) is 0 Å². The minimum Gasteiger partial charge on any atom is -0.480 e. The highest BCUT2D eigenvalue weighted by atomic mass is 33.1. The maximum absolute atomic E-state index is 11.4. The first-order valence-electron chi connectivity index (χ1n) is 11.7. The Hall–Kier alpha value is -0.440. The van der Waals surface area contributed by atoms with Crippen LogP contribution in [0.15, 0.2) is 0 Å². The molecule has 0 spiro atoms. The molecule has 0 heterocycles. The van der Waals surface area contributed by atoms with E-state index in [1.165, 1.54) is 73.0 Å². The zero-order valence-corrected chi connectivity index (χ0v) is 20.6. The molecule has 0 aromatic carbocycles. The van der Waals surface area contributed by atoms with Crippen molar-refractivity contribution in [1.82, 2.24) is 10.6 Å². The fourth-order valence-corrected chi connectivity index (χ4v) is 5.41. The molecule has 2 atom stereocenters. The topological polar surface area (TPSA) is 98.7 Å². The van der Waals surface area contributed by atoms with Gasteiger partial charge in [-0.05, 0) is 25.9 Å². The normalized spacial score (nSPS) is 13.3. The van der Waals surface area contributed by atoms with E-state index in [4.69, 9.17) is 0 Å². The molecule has 30 heavy (non-hydrogen) atoms. The molecule has 0 aromatic heterocycles. The quantitative estimate of drug-likeness (QED) is 0.121. The van der Waals surface area contributed by atoms with Crippen molar-refractivity contribution in [3.05, 3.63) is 0 Å². The number of hydrogen-bond donors (Lipinski definition) is 4. The molecule has 8 heteroatoms. The predicted molar refractivity (Wildman–Crippen MR) is 131 cm³/mol. The Morgan fingerprint density at radius 1 is 0.633 bits per heavy atom. The smallest absolute Gasteiger partial charge is 0.321 e. The number of nitrogens with one attached hydrogen (secondary N) is 2. The summed E-state index contributed by atoms with van der Waals surface area (Å²) < 4.78 is 0. The van der Waals surface area contributed by atoms with Crippen molar-refractivity contribution in [3.8, 4) is 0 Å². The van der Waals surface area contributed by atoms with E-state index in [1.54, 1.807) is 0 Å². The van der Waals surface area contributed by atoms with Crippen molar-refractivity contribution < 1.29 is 19.8 Å². The Balaban J connectivity index is 3.90. The molecule has 0 saturated heterocycles. The number of carboxylic acid groups (broad SMARTS) is 2. The van der Waals surface area contributed by atoms with Crippen LogP contribution in [0.3, 0.4) is 0 Å². The molecule has 0 amide bonds. The first kappa shape index (κ1) is 29.6. The summed E-state index contributed by atoms with van der Waals surface area (Å²) in [6.45, 7) is 5.82. The van der Waals surface area contributed by atoms with E-state index in [0.717, 1.165) is 25.7 Å². The van der Waals surface area contributed by atoms with Crippen LogP contribution in [0.5, 0.6) is 0 Å². The van der Waals surface area contributed by atoms with Crippen molar-refractivity contribution in [2.45, 2.75) is 103 Å². The van der Waals surface area contributed by atoms with Gasteiger partial charge < -0.3 is 20.8 Å². The summed E-state index contributed by atoms with van der Waals surface area (Å²) in [5.74, 6) is -0.825. The summed E-state index contributed by atoms with van der Waals surface area (Å²) in [6, 6.07) is -1.17. The van der Waals surface area contributed by atoms with E-state index in [2.05, 4.69) is 24.5 Å². The molecule has 0 aliphatic heterocycles. The standard InChI is InChI=1S/C22H44N2O4S2/c1-3-5-7-9-11-13-15-23-19(21(25)26)17-29-30-18-20(22(27)28)24-16-14-12-10-8-6-4-2/h19-20,23-24H,3-18H2,1-2H3,(H,25,26)(H,27,28)/t19-,20-/m0/s1. The number of aliphatic carboxylic acids is 2. The molecular weight excluding hydrogens is 420 g/mol. The van der Waals surface area contributed by atoms with Gasteiger partial charge in [0.2, 0.25) is 0 Å². The molecule has 6 nitrogen and oxygen atoms in total. The number of hydrogen-bond acceptors (Lipinski definition) is 6. The zero-order chi connectivity index (χ0) is 22.5.